The molecule has 0 bridgehead atoms. The molecular formula is C21H38O3. The molecule has 0 unspecified atom stereocenters. The molecule has 0 amide bonds. The molecule has 140 valence electrons. The van der Waals surface area contributed by atoms with Crippen molar-refractivity contribution in [2.75, 3.05) is 0 Å². The predicted octanol–water partition coefficient (Wildman–Crippen LogP) is 6.46. The van der Waals surface area contributed by atoms with Gasteiger partial charge in [-0.25, -0.2) is 4.79 Å². The van der Waals surface area contributed by atoms with E-state index in [2.05, 4.69) is 0 Å². The predicted molar refractivity (Wildman–Crippen MR) is 101 cm³/mol. The van der Waals surface area contributed by atoms with Crippen molar-refractivity contribution in [3.63, 3.8) is 0 Å². The lowest BCUT2D eigenvalue weighted by atomic mass is 10.0. The summed E-state index contributed by atoms with van der Waals surface area (Å²) in [4.78, 5) is 20.5. The van der Waals surface area contributed by atoms with Crippen molar-refractivity contribution >= 4 is 12.3 Å². The molecule has 0 aliphatic carbocycles. The van der Waals surface area contributed by atoms with E-state index < -0.39 is 5.97 Å². The fourth-order valence-corrected chi connectivity index (χ4v) is 2.97. The van der Waals surface area contributed by atoms with Gasteiger partial charge in [-0.3, -0.25) is 0 Å². The fourth-order valence-electron chi connectivity index (χ4n) is 2.97. The Hall–Kier alpha value is -1.12. The highest BCUT2D eigenvalue weighted by Crippen LogP contribution is 2.13. The summed E-state index contributed by atoms with van der Waals surface area (Å²) in [5, 5.41) is 8.46. The van der Waals surface area contributed by atoms with Crippen LogP contribution in [0.5, 0.6) is 0 Å². The van der Waals surface area contributed by atoms with Crippen LogP contribution in [0.2, 0.25) is 0 Å². The SMILES string of the molecule is O=CCCCCCCCCCCCCCCCCCC=CC(=O)O. The molecule has 1 N–H and O–H groups in total. The summed E-state index contributed by atoms with van der Waals surface area (Å²) >= 11 is 0. The second kappa shape index (κ2) is 19.9. The summed E-state index contributed by atoms with van der Waals surface area (Å²) in [5.41, 5.74) is 0. The number of aldehydes is 1. The largest absolute Gasteiger partial charge is 0.478 e. The van der Waals surface area contributed by atoms with E-state index in [4.69, 9.17) is 5.11 Å². The van der Waals surface area contributed by atoms with Crippen LogP contribution in [0.25, 0.3) is 0 Å². The van der Waals surface area contributed by atoms with Crippen molar-refractivity contribution in [3.05, 3.63) is 12.2 Å². The van der Waals surface area contributed by atoms with E-state index in [9.17, 15) is 9.59 Å². The average Bonchev–Trinajstić information content (AvgIpc) is 2.56. The van der Waals surface area contributed by atoms with E-state index in [0.29, 0.717) is 0 Å². The standard InChI is InChI=1S/C21H38O3/c22-20-18-16-14-12-10-8-6-4-2-1-3-5-7-9-11-13-15-17-19-21(23)24/h17,19-20H,1-16,18H2,(H,23,24). The lowest BCUT2D eigenvalue weighted by Crippen LogP contribution is -1.86. The molecule has 3 nitrogen and oxygen atoms in total. The number of hydrogen-bond donors (Lipinski definition) is 1. The quantitative estimate of drug-likeness (QED) is 0.167. The Morgan fingerprint density at radius 1 is 0.583 bits per heavy atom. The van der Waals surface area contributed by atoms with Gasteiger partial charge in [-0.05, 0) is 19.3 Å². The van der Waals surface area contributed by atoms with Gasteiger partial charge in [0.15, 0.2) is 0 Å². The van der Waals surface area contributed by atoms with E-state index in [1.54, 1.807) is 6.08 Å². The Labute approximate surface area is 148 Å². The number of allylic oxidation sites excluding steroid dienone is 1. The van der Waals surface area contributed by atoms with Crippen LogP contribution in [-0.4, -0.2) is 17.4 Å². The number of carbonyl (C=O) groups excluding carboxylic acids is 1. The third kappa shape index (κ3) is 20.9. The van der Waals surface area contributed by atoms with Crippen molar-refractivity contribution in [2.45, 2.75) is 109 Å². The Bertz CT molecular complexity index is 310. The lowest BCUT2D eigenvalue weighted by molar-refractivity contribution is -0.131. The summed E-state index contributed by atoms with van der Waals surface area (Å²) in [6.45, 7) is 0. The number of carboxylic acids is 1. The highest BCUT2D eigenvalue weighted by Gasteiger charge is 1.94. The smallest absolute Gasteiger partial charge is 0.327 e. The van der Waals surface area contributed by atoms with Gasteiger partial charge in [0.25, 0.3) is 0 Å². The van der Waals surface area contributed by atoms with Crippen LogP contribution < -0.4 is 0 Å². The highest BCUT2D eigenvalue weighted by molar-refractivity contribution is 5.79. The Balaban J connectivity index is 3.02. The van der Waals surface area contributed by atoms with Crippen LogP contribution in [-0.2, 0) is 9.59 Å². The first-order valence-electron chi connectivity index (χ1n) is 10.1. The zero-order valence-corrected chi connectivity index (χ0v) is 15.5. The van der Waals surface area contributed by atoms with Gasteiger partial charge in [0.05, 0.1) is 0 Å². The molecular weight excluding hydrogens is 300 g/mol. The molecule has 3 heteroatoms. The summed E-state index contributed by atoms with van der Waals surface area (Å²) in [5.74, 6) is -0.843. The first kappa shape index (κ1) is 22.9. The van der Waals surface area contributed by atoms with Gasteiger partial charge in [0, 0.05) is 12.5 Å². The number of hydrogen-bond acceptors (Lipinski definition) is 2. The van der Waals surface area contributed by atoms with Crippen molar-refractivity contribution in [1.29, 1.82) is 0 Å². The highest BCUT2D eigenvalue weighted by atomic mass is 16.4. The molecule has 0 aromatic carbocycles. The van der Waals surface area contributed by atoms with Crippen LogP contribution in [0.1, 0.15) is 109 Å². The van der Waals surface area contributed by atoms with Crippen molar-refractivity contribution < 1.29 is 14.7 Å². The first-order valence-corrected chi connectivity index (χ1v) is 10.1. The minimum Gasteiger partial charge on any atom is -0.478 e. The molecule has 0 heterocycles. The monoisotopic (exact) mass is 338 g/mol. The van der Waals surface area contributed by atoms with E-state index in [0.717, 1.165) is 32.0 Å². The molecule has 0 aliphatic rings. The molecule has 0 saturated heterocycles. The normalized spacial score (nSPS) is 11.2. The van der Waals surface area contributed by atoms with Gasteiger partial charge >= 0.3 is 5.97 Å². The summed E-state index contributed by atoms with van der Waals surface area (Å²) < 4.78 is 0. The molecule has 0 radical (unpaired) electrons. The molecule has 0 rings (SSSR count). The molecule has 0 aromatic rings. The molecule has 0 spiro atoms. The Morgan fingerprint density at radius 3 is 1.25 bits per heavy atom. The van der Waals surface area contributed by atoms with E-state index in [-0.39, 0.29) is 0 Å². The zero-order chi connectivity index (χ0) is 17.7. The third-order valence-electron chi connectivity index (χ3n) is 4.45. The van der Waals surface area contributed by atoms with Gasteiger partial charge in [-0.15, -0.1) is 0 Å². The number of aliphatic carboxylic acids is 1. The van der Waals surface area contributed by atoms with E-state index in [1.165, 1.54) is 89.5 Å². The molecule has 0 atom stereocenters. The number of rotatable bonds is 19. The molecule has 0 aromatic heterocycles. The van der Waals surface area contributed by atoms with Gasteiger partial charge < -0.3 is 9.90 Å². The van der Waals surface area contributed by atoms with E-state index >= 15 is 0 Å². The second-order valence-corrected chi connectivity index (χ2v) is 6.79. The van der Waals surface area contributed by atoms with Crippen LogP contribution in [0, 0.1) is 0 Å². The van der Waals surface area contributed by atoms with Gasteiger partial charge in [0.1, 0.15) is 6.29 Å². The molecule has 0 saturated carbocycles. The third-order valence-corrected chi connectivity index (χ3v) is 4.45. The second-order valence-electron chi connectivity index (χ2n) is 6.79. The van der Waals surface area contributed by atoms with E-state index in [1.807, 2.05) is 0 Å². The van der Waals surface area contributed by atoms with Crippen molar-refractivity contribution in [2.24, 2.45) is 0 Å². The van der Waals surface area contributed by atoms with Crippen LogP contribution in [0.15, 0.2) is 12.2 Å². The van der Waals surface area contributed by atoms with Gasteiger partial charge in [-0.1, -0.05) is 89.5 Å². The van der Waals surface area contributed by atoms with Crippen LogP contribution in [0.4, 0.5) is 0 Å². The Kier molecular flexibility index (Phi) is 19.0. The van der Waals surface area contributed by atoms with Crippen molar-refractivity contribution in [3.8, 4) is 0 Å². The molecule has 24 heavy (non-hydrogen) atoms. The van der Waals surface area contributed by atoms with Gasteiger partial charge in [0.2, 0.25) is 0 Å². The van der Waals surface area contributed by atoms with Crippen LogP contribution in [0.3, 0.4) is 0 Å². The summed E-state index contributed by atoms with van der Waals surface area (Å²) in [6.07, 6.45) is 25.1. The molecule has 0 fully saturated rings. The molecule has 0 aliphatic heterocycles. The Morgan fingerprint density at radius 2 is 0.917 bits per heavy atom. The number of carboxylic acid groups (broad SMARTS) is 1. The zero-order valence-electron chi connectivity index (χ0n) is 15.5. The lowest BCUT2D eigenvalue weighted by Gasteiger charge is -2.03. The maximum absolute atomic E-state index is 10.3. The van der Waals surface area contributed by atoms with Crippen molar-refractivity contribution in [1.82, 2.24) is 0 Å². The van der Waals surface area contributed by atoms with Gasteiger partial charge in [-0.2, -0.15) is 0 Å². The number of unbranched alkanes of at least 4 members (excludes halogenated alkanes) is 16. The summed E-state index contributed by atoms with van der Waals surface area (Å²) in [7, 11) is 0. The first-order chi connectivity index (χ1) is 11.8. The summed E-state index contributed by atoms with van der Waals surface area (Å²) in [6, 6.07) is 0. The topological polar surface area (TPSA) is 54.4 Å². The minimum absolute atomic E-state index is 0.738. The maximum atomic E-state index is 10.3. The average molecular weight is 339 g/mol. The van der Waals surface area contributed by atoms with Crippen LogP contribution >= 0.6 is 0 Å². The maximum Gasteiger partial charge on any atom is 0.327 e. The fraction of sp³-hybridized carbons (Fsp3) is 0.810. The minimum atomic E-state index is -0.843. The number of carbonyl (C=O) groups is 2.